The lowest BCUT2D eigenvalue weighted by molar-refractivity contribution is -0.143. The Morgan fingerprint density at radius 3 is 2.18 bits per heavy atom. The Labute approximate surface area is 156 Å². The molecule has 0 bridgehead atoms. The van der Waals surface area contributed by atoms with E-state index >= 15 is 0 Å². The molecular formula is C19H14F5NO3. The van der Waals surface area contributed by atoms with Gasteiger partial charge in [-0.05, 0) is 25.5 Å². The monoisotopic (exact) mass is 399 g/mol. The van der Waals surface area contributed by atoms with Gasteiger partial charge in [0.15, 0.2) is 23.3 Å². The van der Waals surface area contributed by atoms with Gasteiger partial charge in [-0.1, -0.05) is 17.7 Å². The molecule has 4 nitrogen and oxygen atoms in total. The van der Waals surface area contributed by atoms with Crippen molar-refractivity contribution in [2.75, 3.05) is 11.5 Å². The van der Waals surface area contributed by atoms with E-state index in [0.29, 0.717) is 10.5 Å². The third-order valence-electron chi connectivity index (χ3n) is 4.42. The van der Waals surface area contributed by atoms with Gasteiger partial charge < -0.3 is 4.74 Å². The van der Waals surface area contributed by atoms with E-state index < -0.39 is 59.1 Å². The number of hydrogen-bond acceptors (Lipinski definition) is 3. The molecule has 0 fully saturated rings. The largest absolute Gasteiger partial charge is 0.466 e. The first-order valence-electron chi connectivity index (χ1n) is 8.30. The molecule has 1 amide bonds. The number of carbonyl (C=O) groups excluding carboxylic acids is 2. The molecule has 2 aromatic carbocycles. The van der Waals surface area contributed by atoms with Gasteiger partial charge in [0.2, 0.25) is 5.82 Å². The lowest BCUT2D eigenvalue weighted by atomic mass is 9.99. The van der Waals surface area contributed by atoms with Crippen LogP contribution in [0.2, 0.25) is 0 Å². The molecule has 0 N–H and O–H groups in total. The SMILES string of the molecule is CCOC(=O)CC1c2cc(C)ccc2C(=O)N1c1c(F)c(F)c(F)c(F)c1F. The standard InChI is InChI=1S/C19H14F5NO3/c1-3-28-12(26)7-11-10-6-8(2)4-5-9(10)19(27)25(11)18-16(23)14(21)13(20)15(22)17(18)24/h4-6,11H,3,7H2,1-2H3. The van der Waals surface area contributed by atoms with Crippen LogP contribution in [-0.4, -0.2) is 18.5 Å². The minimum atomic E-state index is -2.33. The Kier molecular flexibility index (Phi) is 5.10. The Morgan fingerprint density at radius 1 is 1.04 bits per heavy atom. The van der Waals surface area contributed by atoms with Crippen LogP contribution >= 0.6 is 0 Å². The maximum Gasteiger partial charge on any atom is 0.308 e. The van der Waals surface area contributed by atoms with Crippen molar-refractivity contribution in [3.05, 3.63) is 64.0 Å². The van der Waals surface area contributed by atoms with E-state index in [1.165, 1.54) is 19.1 Å². The second-order valence-corrected chi connectivity index (χ2v) is 6.21. The first-order chi connectivity index (χ1) is 13.2. The topological polar surface area (TPSA) is 46.6 Å². The number of anilines is 1. The van der Waals surface area contributed by atoms with Crippen molar-refractivity contribution in [1.82, 2.24) is 0 Å². The predicted molar refractivity (Wildman–Crippen MR) is 88.2 cm³/mol. The van der Waals surface area contributed by atoms with E-state index in [1.807, 2.05) is 0 Å². The molecule has 1 aliphatic rings. The van der Waals surface area contributed by atoms with Crippen LogP contribution in [0, 0.1) is 36.0 Å². The van der Waals surface area contributed by atoms with Gasteiger partial charge in [-0.3, -0.25) is 14.5 Å². The summed E-state index contributed by atoms with van der Waals surface area (Å²) in [5, 5.41) is 0. The van der Waals surface area contributed by atoms with Crippen LogP contribution in [0.4, 0.5) is 27.6 Å². The molecule has 1 atom stereocenters. The molecule has 0 saturated carbocycles. The molecule has 1 heterocycles. The molecule has 2 aromatic rings. The number of ether oxygens (including phenoxy) is 1. The number of hydrogen-bond donors (Lipinski definition) is 0. The number of esters is 1. The van der Waals surface area contributed by atoms with Gasteiger partial charge in [0.05, 0.1) is 19.1 Å². The van der Waals surface area contributed by atoms with Gasteiger partial charge in [0.1, 0.15) is 5.69 Å². The first kappa shape index (κ1) is 19.8. The van der Waals surface area contributed by atoms with Crippen molar-refractivity contribution >= 4 is 17.6 Å². The van der Waals surface area contributed by atoms with E-state index in [1.54, 1.807) is 13.0 Å². The number of aryl methyl sites for hydroxylation is 1. The number of fused-ring (bicyclic) bond motifs is 1. The minimum Gasteiger partial charge on any atom is -0.466 e. The van der Waals surface area contributed by atoms with Gasteiger partial charge in [0.25, 0.3) is 5.91 Å². The zero-order valence-electron chi connectivity index (χ0n) is 14.8. The van der Waals surface area contributed by atoms with Gasteiger partial charge in [-0.25, -0.2) is 22.0 Å². The van der Waals surface area contributed by atoms with Gasteiger partial charge in [0, 0.05) is 5.56 Å². The van der Waals surface area contributed by atoms with Crippen LogP contribution in [0.25, 0.3) is 0 Å². The number of rotatable bonds is 4. The van der Waals surface area contributed by atoms with E-state index in [4.69, 9.17) is 4.74 Å². The van der Waals surface area contributed by atoms with Crippen molar-refractivity contribution in [1.29, 1.82) is 0 Å². The van der Waals surface area contributed by atoms with Crippen molar-refractivity contribution in [3.63, 3.8) is 0 Å². The molecule has 9 heteroatoms. The van der Waals surface area contributed by atoms with Crippen molar-refractivity contribution in [2.45, 2.75) is 26.3 Å². The highest BCUT2D eigenvalue weighted by molar-refractivity contribution is 6.11. The normalized spacial score (nSPS) is 15.8. The number of amides is 1. The van der Waals surface area contributed by atoms with Gasteiger partial charge in [-0.15, -0.1) is 0 Å². The van der Waals surface area contributed by atoms with Gasteiger partial charge in [-0.2, -0.15) is 0 Å². The molecule has 28 heavy (non-hydrogen) atoms. The molecule has 1 aliphatic heterocycles. The molecule has 1 unspecified atom stereocenters. The quantitative estimate of drug-likeness (QED) is 0.333. The van der Waals surface area contributed by atoms with Crippen LogP contribution in [0.3, 0.4) is 0 Å². The average molecular weight is 399 g/mol. The lowest BCUT2D eigenvalue weighted by Gasteiger charge is -2.26. The Bertz CT molecular complexity index is 963. The van der Waals surface area contributed by atoms with E-state index in [0.717, 1.165) is 0 Å². The fraction of sp³-hybridized carbons (Fsp3) is 0.263. The van der Waals surface area contributed by atoms with Crippen molar-refractivity contribution in [3.8, 4) is 0 Å². The second kappa shape index (κ2) is 7.21. The molecule has 0 spiro atoms. The summed E-state index contributed by atoms with van der Waals surface area (Å²) in [4.78, 5) is 25.2. The maximum atomic E-state index is 14.4. The molecule has 0 aromatic heterocycles. The van der Waals surface area contributed by atoms with Crippen LogP contribution < -0.4 is 4.90 Å². The molecule has 0 radical (unpaired) electrons. The number of nitrogens with zero attached hydrogens (tertiary/aromatic N) is 1. The third-order valence-corrected chi connectivity index (χ3v) is 4.42. The molecule has 148 valence electrons. The summed E-state index contributed by atoms with van der Waals surface area (Å²) in [6.45, 7) is 3.24. The van der Waals surface area contributed by atoms with E-state index in [-0.39, 0.29) is 17.7 Å². The lowest BCUT2D eigenvalue weighted by Crippen LogP contribution is -2.32. The van der Waals surface area contributed by atoms with Gasteiger partial charge >= 0.3 is 5.97 Å². The van der Waals surface area contributed by atoms with Crippen molar-refractivity contribution < 1.29 is 36.3 Å². The fourth-order valence-electron chi connectivity index (χ4n) is 3.20. The highest BCUT2D eigenvalue weighted by Crippen LogP contribution is 2.43. The average Bonchev–Trinajstić information content (AvgIpc) is 2.90. The van der Waals surface area contributed by atoms with Crippen LogP contribution in [0.5, 0.6) is 0 Å². The summed E-state index contributed by atoms with van der Waals surface area (Å²) in [6.07, 6.45) is -0.518. The first-order valence-corrected chi connectivity index (χ1v) is 8.30. The predicted octanol–water partition coefficient (Wildman–Crippen LogP) is 4.35. The number of carbonyl (C=O) groups is 2. The molecular weight excluding hydrogens is 385 g/mol. The summed E-state index contributed by atoms with van der Waals surface area (Å²) in [5.41, 5.74) is -0.477. The summed E-state index contributed by atoms with van der Waals surface area (Å²) in [5.74, 6) is -12.8. The molecule has 0 aliphatic carbocycles. The number of halogens is 5. The van der Waals surface area contributed by atoms with Crippen LogP contribution in [0.1, 0.15) is 40.9 Å². The third kappa shape index (κ3) is 3.00. The summed E-state index contributed by atoms with van der Waals surface area (Å²) in [7, 11) is 0. The summed E-state index contributed by atoms with van der Waals surface area (Å²) >= 11 is 0. The van der Waals surface area contributed by atoms with Crippen LogP contribution in [-0.2, 0) is 9.53 Å². The van der Waals surface area contributed by atoms with E-state index in [2.05, 4.69) is 0 Å². The summed E-state index contributed by atoms with van der Waals surface area (Å²) < 4.78 is 74.3. The summed E-state index contributed by atoms with van der Waals surface area (Å²) in [6, 6.07) is 3.16. The van der Waals surface area contributed by atoms with Crippen molar-refractivity contribution in [2.24, 2.45) is 0 Å². The maximum absolute atomic E-state index is 14.4. The smallest absolute Gasteiger partial charge is 0.308 e. The minimum absolute atomic E-state index is 0.00356. The number of benzene rings is 2. The Balaban J connectivity index is 2.22. The molecule has 0 saturated heterocycles. The zero-order valence-corrected chi connectivity index (χ0v) is 14.8. The highest BCUT2D eigenvalue weighted by Gasteiger charge is 2.43. The highest BCUT2D eigenvalue weighted by atomic mass is 19.2. The molecule has 3 rings (SSSR count). The van der Waals surface area contributed by atoms with E-state index in [9.17, 15) is 31.5 Å². The second-order valence-electron chi connectivity index (χ2n) is 6.21. The Hall–Kier alpha value is -2.97. The van der Waals surface area contributed by atoms with Crippen LogP contribution in [0.15, 0.2) is 18.2 Å². The fourth-order valence-corrected chi connectivity index (χ4v) is 3.20. The Morgan fingerprint density at radius 2 is 1.61 bits per heavy atom. The zero-order chi connectivity index (χ0) is 20.7.